The molecule has 0 aliphatic carbocycles. The highest BCUT2D eigenvalue weighted by Gasteiger charge is 2.27. The molecule has 0 radical (unpaired) electrons. The quantitative estimate of drug-likeness (QED) is 0.811. The summed E-state index contributed by atoms with van der Waals surface area (Å²) in [6.45, 7) is 2.87. The number of benzene rings is 2. The van der Waals surface area contributed by atoms with Crippen LogP contribution < -0.4 is 0 Å². The van der Waals surface area contributed by atoms with Gasteiger partial charge in [0.1, 0.15) is 5.82 Å². The summed E-state index contributed by atoms with van der Waals surface area (Å²) in [4.78, 5) is 12.6. The van der Waals surface area contributed by atoms with Crippen LogP contribution in [-0.4, -0.2) is 19.0 Å². The summed E-state index contributed by atoms with van der Waals surface area (Å²) in [5.74, 6) is -0.880. The Kier molecular flexibility index (Phi) is 3.82. The molecule has 1 heterocycles. The van der Waals surface area contributed by atoms with Gasteiger partial charge in [0.15, 0.2) is 12.1 Å². The monoisotopic (exact) mass is 286 g/mol. The molecule has 3 rings (SSSR count). The van der Waals surface area contributed by atoms with Gasteiger partial charge in [0.2, 0.25) is 0 Å². The standard InChI is InChI=1S/C17H15FO3/c1-11-5-4-7-13(15(11)17-20-9-10-21-17)16(19)12-6-2-3-8-14(12)18/h2-8,17H,9-10H2,1H3. The lowest BCUT2D eigenvalue weighted by atomic mass is 9.94. The highest BCUT2D eigenvalue weighted by molar-refractivity contribution is 6.10. The van der Waals surface area contributed by atoms with Crippen molar-refractivity contribution in [3.63, 3.8) is 0 Å². The molecule has 1 saturated heterocycles. The number of carbonyl (C=O) groups is 1. The second-order valence-corrected chi connectivity index (χ2v) is 4.92. The van der Waals surface area contributed by atoms with E-state index in [0.717, 1.165) is 5.56 Å². The summed E-state index contributed by atoms with van der Waals surface area (Å²) in [6.07, 6.45) is -0.558. The van der Waals surface area contributed by atoms with Gasteiger partial charge in [0.25, 0.3) is 0 Å². The average molecular weight is 286 g/mol. The molecule has 0 amide bonds. The molecule has 21 heavy (non-hydrogen) atoms. The number of hydrogen-bond acceptors (Lipinski definition) is 3. The van der Waals surface area contributed by atoms with Gasteiger partial charge in [0, 0.05) is 11.1 Å². The Balaban J connectivity index is 2.08. The molecule has 0 saturated carbocycles. The fourth-order valence-electron chi connectivity index (χ4n) is 2.51. The molecule has 0 N–H and O–H groups in total. The van der Waals surface area contributed by atoms with Crippen LogP contribution in [0.25, 0.3) is 0 Å². The lowest BCUT2D eigenvalue weighted by Gasteiger charge is -2.17. The average Bonchev–Trinajstić information content (AvgIpc) is 3.00. The summed E-state index contributed by atoms with van der Waals surface area (Å²) in [5.41, 5.74) is 2.06. The Hall–Kier alpha value is -2.04. The fraction of sp³-hybridized carbons (Fsp3) is 0.235. The van der Waals surface area contributed by atoms with E-state index < -0.39 is 12.1 Å². The van der Waals surface area contributed by atoms with Gasteiger partial charge in [-0.3, -0.25) is 4.79 Å². The molecular formula is C17H15FO3. The van der Waals surface area contributed by atoms with Crippen molar-refractivity contribution in [3.05, 3.63) is 70.5 Å². The molecule has 3 nitrogen and oxygen atoms in total. The van der Waals surface area contributed by atoms with Crippen LogP contribution in [0.2, 0.25) is 0 Å². The number of ketones is 1. The first-order valence-corrected chi connectivity index (χ1v) is 6.80. The van der Waals surface area contributed by atoms with Crippen molar-refractivity contribution in [1.29, 1.82) is 0 Å². The maximum Gasteiger partial charge on any atom is 0.196 e. The lowest BCUT2D eigenvalue weighted by molar-refractivity contribution is -0.0449. The number of halogens is 1. The first-order chi connectivity index (χ1) is 10.2. The van der Waals surface area contributed by atoms with Crippen LogP contribution in [0.1, 0.15) is 33.3 Å². The van der Waals surface area contributed by atoms with Crippen LogP contribution in [0.5, 0.6) is 0 Å². The molecule has 2 aromatic rings. The third-order valence-corrected chi connectivity index (χ3v) is 3.54. The van der Waals surface area contributed by atoms with Crippen LogP contribution in [0.15, 0.2) is 42.5 Å². The lowest BCUT2D eigenvalue weighted by Crippen LogP contribution is -2.12. The number of carbonyl (C=O) groups excluding carboxylic acids is 1. The SMILES string of the molecule is Cc1cccc(C(=O)c2ccccc2F)c1C1OCCO1. The molecule has 2 aromatic carbocycles. The van der Waals surface area contributed by atoms with Gasteiger partial charge in [-0.25, -0.2) is 4.39 Å². The van der Waals surface area contributed by atoms with Crippen molar-refractivity contribution in [2.24, 2.45) is 0 Å². The normalized spacial score (nSPS) is 15.3. The minimum Gasteiger partial charge on any atom is -0.346 e. The zero-order valence-electron chi connectivity index (χ0n) is 11.6. The minimum atomic E-state index is -0.558. The Morgan fingerprint density at radius 2 is 1.71 bits per heavy atom. The fourth-order valence-corrected chi connectivity index (χ4v) is 2.51. The predicted molar refractivity (Wildman–Crippen MR) is 75.7 cm³/mol. The van der Waals surface area contributed by atoms with E-state index in [1.807, 2.05) is 13.0 Å². The smallest absolute Gasteiger partial charge is 0.196 e. The molecule has 0 bridgehead atoms. The Labute approximate surface area is 122 Å². The van der Waals surface area contributed by atoms with Crippen LogP contribution in [0.4, 0.5) is 4.39 Å². The van der Waals surface area contributed by atoms with Crippen molar-refractivity contribution in [3.8, 4) is 0 Å². The second-order valence-electron chi connectivity index (χ2n) is 4.92. The van der Waals surface area contributed by atoms with Crippen molar-refractivity contribution in [2.45, 2.75) is 13.2 Å². The molecule has 4 heteroatoms. The summed E-state index contributed by atoms with van der Waals surface area (Å²) < 4.78 is 24.9. The van der Waals surface area contributed by atoms with E-state index >= 15 is 0 Å². The zero-order chi connectivity index (χ0) is 14.8. The van der Waals surface area contributed by atoms with Crippen molar-refractivity contribution < 1.29 is 18.7 Å². The van der Waals surface area contributed by atoms with Gasteiger partial charge in [-0.15, -0.1) is 0 Å². The van der Waals surface area contributed by atoms with Gasteiger partial charge in [-0.05, 0) is 24.6 Å². The number of rotatable bonds is 3. The predicted octanol–water partition coefficient (Wildman–Crippen LogP) is 3.41. The van der Waals surface area contributed by atoms with Crippen molar-refractivity contribution >= 4 is 5.78 Å². The highest BCUT2D eigenvalue weighted by atomic mass is 19.1. The van der Waals surface area contributed by atoms with E-state index in [2.05, 4.69) is 0 Å². The van der Waals surface area contributed by atoms with Gasteiger partial charge < -0.3 is 9.47 Å². The largest absolute Gasteiger partial charge is 0.346 e. The van der Waals surface area contributed by atoms with Crippen LogP contribution >= 0.6 is 0 Å². The Morgan fingerprint density at radius 3 is 2.43 bits per heavy atom. The molecule has 108 valence electrons. The first-order valence-electron chi connectivity index (χ1n) is 6.80. The van der Waals surface area contributed by atoms with Gasteiger partial charge in [0.05, 0.1) is 18.8 Å². The van der Waals surface area contributed by atoms with Crippen LogP contribution in [-0.2, 0) is 9.47 Å². The van der Waals surface area contributed by atoms with Crippen molar-refractivity contribution in [1.82, 2.24) is 0 Å². The summed E-state index contributed by atoms with van der Waals surface area (Å²) in [7, 11) is 0. The van der Waals surface area contributed by atoms with Crippen LogP contribution in [0.3, 0.4) is 0 Å². The Morgan fingerprint density at radius 1 is 1.05 bits per heavy atom. The van der Waals surface area contributed by atoms with E-state index in [9.17, 15) is 9.18 Å². The molecular weight excluding hydrogens is 271 g/mol. The minimum absolute atomic E-state index is 0.0577. The van der Waals surface area contributed by atoms with Gasteiger partial charge in [-0.1, -0.05) is 30.3 Å². The maximum atomic E-state index is 13.9. The molecule has 0 spiro atoms. The van der Waals surface area contributed by atoms with Gasteiger partial charge >= 0.3 is 0 Å². The summed E-state index contributed by atoms with van der Waals surface area (Å²) >= 11 is 0. The topological polar surface area (TPSA) is 35.5 Å². The highest BCUT2D eigenvalue weighted by Crippen LogP contribution is 2.30. The third-order valence-electron chi connectivity index (χ3n) is 3.54. The van der Waals surface area contributed by atoms with E-state index in [1.54, 1.807) is 24.3 Å². The van der Waals surface area contributed by atoms with Gasteiger partial charge in [-0.2, -0.15) is 0 Å². The van der Waals surface area contributed by atoms with Crippen LogP contribution in [0, 0.1) is 12.7 Å². The molecule has 0 atom stereocenters. The van der Waals surface area contributed by atoms with E-state index in [1.165, 1.54) is 12.1 Å². The second kappa shape index (κ2) is 5.76. The molecule has 1 fully saturated rings. The maximum absolute atomic E-state index is 13.9. The molecule has 1 aliphatic heterocycles. The summed E-state index contributed by atoms with van der Waals surface area (Å²) in [5, 5.41) is 0. The van der Waals surface area contributed by atoms with E-state index in [-0.39, 0.29) is 11.3 Å². The Bertz CT molecular complexity index is 675. The third kappa shape index (κ3) is 2.60. The van der Waals surface area contributed by atoms with Crippen molar-refractivity contribution in [2.75, 3.05) is 13.2 Å². The van der Waals surface area contributed by atoms with E-state index in [0.29, 0.717) is 24.3 Å². The molecule has 0 aromatic heterocycles. The summed E-state index contributed by atoms with van der Waals surface area (Å²) in [6, 6.07) is 11.3. The first kappa shape index (κ1) is 13.9. The number of hydrogen-bond donors (Lipinski definition) is 0. The zero-order valence-corrected chi connectivity index (χ0v) is 11.6. The number of ether oxygens (including phenoxy) is 2. The molecule has 0 unspecified atom stereocenters. The molecule has 1 aliphatic rings. The van der Waals surface area contributed by atoms with E-state index in [4.69, 9.17) is 9.47 Å². The number of aryl methyl sites for hydroxylation is 1.